The van der Waals surface area contributed by atoms with Crippen molar-refractivity contribution in [3.05, 3.63) is 0 Å². The molecular formula is C6H11F3N2O2S. The second kappa shape index (κ2) is 3.67. The molecule has 0 aromatic rings. The maximum Gasteiger partial charge on any atom is 0.406 e. The second-order valence-corrected chi connectivity index (χ2v) is 5.18. The standard InChI is InChI=1S/C6H11F3N2O2S/c7-6(8,9)5(3-10)11-14(12,13)4-1-2-4/h4-5,11H,1-3,10H2. The topological polar surface area (TPSA) is 72.2 Å². The SMILES string of the molecule is NCC(NS(=O)(=O)C1CC1)C(F)(F)F. The van der Waals surface area contributed by atoms with Crippen LogP contribution in [0.2, 0.25) is 0 Å². The van der Waals surface area contributed by atoms with Gasteiger partial charge in [0.15, 0.2) is 0 Å². The number of nitrogens with one attached hydrogen (secondary N) is 1. The van der Waals surface area contributed by atoms with E-state index in [2.05, 4.69) is 0 Å². The van der Waals surface area contributed by atoms with Crippen molar-refractivity contribution in [1.29, 1.82) is 0 Å². The van der Waals surface area contributed by atoms with E-state index in [1.807, 2.05) is 0 Å². The van der Waals surface area contributed by atoms with E-state index < -0.39 is 34.0 Å². The third-order valence-electron chi connectivity index (χ3n) is 1.90. The van der Waals surface area contributed by atoms with Gasteiger partial charge in [-0.15, -0.1) is 0 Å². The molecule has 0 saturated heterocycles. The van der Waals surface area contributed by atoms with Crippen molar-refractivity contribution >= 4 is 10.0 Å². The summed E-state index contributed by atoms with van der Waals surface area (Å²) >= 11 is 0. The van der Waals surface area contributed by atoms with Gasteiger partial charge in [-0.05, 0) is 12.8 Å². The van der Waals surface area contributed by atoms with Gasteiger partial charge in [-0.2, -0.15) is 13.2 Å². The Morgan fingerprint density at radius 2 is 1.93 bits per heavy atom. The Morgan fingerprint density at radius 1 is 1.43 bits per heavy atom. The van der Waals surface area contributed by atoms with Crippen molar-refractivity contribution < 1.29 is 21.6 Å². The predicted octanol–water partition coefficient (Wildman–Crippen LogP) is -0.0422. The van der Waals surface area contributed by atoms with E-state index in [1.54, 1.807) is 4.72 Å². The average molecular weight is 232 g/mol. The molecule has 1 aliphatic rings. The number of hydrogen-bond acceptors (Lipinski definition) is 3. The maximum atomic E-state index is 12.1. The first-order valence-corrected chi connectivity index (χ1v) is 5.60. The van der Waals surface area contributed by atoms with Gasteiger partial charge in [0.1, 0.15) is 6.04 Å². The highest BCUT2D eigenvalue weighted by Crippen LogP contribution is 2.29. The Morgan fingerprint density at radius 3 is 2.21 bits per heavy atom. The fraction of sp³-hybridized carbons (Fsp3) is 1.00. The van der Waals surface area contributed by atoms with Gasteiger partial charge in [-0.1, -0.05) is 0 Å². The second-order valence-electron chi connectivity index (χ2n) is 3.19. The highest BCUT2D eigenvalue weighted by atomic mass is 32.2. The smallest absolute Gasteiger partial charge is 0.329 e. The lowest BCUT2D eigenvalue weighted by molar-refractivity contribution is -0.148. The van der Waals surface area contributed by atoms with E-state index in [-0.39, 0.29) is 0 Å². The minimum absolute atomic E-state index is 0.421. The van der Waals surface area contributed by atoms with E-state index in [4.69, 9.17) is 5.73 Å². The number of nitrogens with two attached hydrogens (primary N) is 1. The maximum absolute atomic E-state index is 12.1. The summed E-state index contributed by atoms with van der Waals surface area (Å²) in [4.78, 5) is 0. The molecule has 0 heterocycles. The number of rotatable bonds is 4. The molecule has 3 N–H and O–H groups in total. The molecule has 0 amide bonds. The van der Waals surface area contributed by atoms with E-state index in [9.17, 15) is 21.6 Å². The fourth-order valence-corrected chi connectivity index (χ4v) is 2.50. The molecule has 1 fully saturated rings. The van der Waals surface area contributed by atoms with Crippen molar-refractivity contribution in [3.8, 4) is 0 Å². The summed E-state index contributed by atoms with van der Waals surface area (Å²) in [6.07, 6.45) is -3.79. The Hall–Kier alpha value is -0.340. The molecule has 4 nitrogen and oxygen atoms in total. The van der Waals surface area contributed by atoms with Crippen LogP contribution in [0.3, 0.4) is 0 Å². The molecule has 0 spiro atoms. The molecule has 1 saturated carbocycles. The Bertz CT molecular complexity index is 297. The summed E-state index contributed by atoms with van der Waals surface area (Å²) in [6, 6.07) is -2.17. The normalized spacial score (nSPS) is 20.9. The summed E-state index contributed by atoms with van der Waals surface area (Å²) in [5.41, 5.74) is 4.84. The van der Waals surface area contributed by atoms with Gasteiger partial charge in [0, 0.05) is 6.54 Å². The van der Waals surface area contributed by atoms with Gasteiger partial charge in [0.25, 0.3) is 0 Å². The quantitative estimate of drug-likeness (QED) is 0.714. The van der Waals surface area contributed by atoms with E-state index in [0.717, 1.165) is 0 Å². The Kier molecular flexibility index (Phi) is 3.07. The molecule has 1 unspecified atom stereocenters. The molecule has 1 atom stereocenters. The lowest BCUT2D eigenvalue weighted by Crippen LogP contribution is -2.50. The van der Waals surface area contributed by atoms with Gasteiger partial charge in [0.05, 0.1) is 5.25 Å². The van der Waals surface area contributed by atoms with Crippen LogP contribution in [-0.2, 0) is 10.0 Å². The average Bonchev–Trinajstić information content (AvgIpc) is 2.79. The number of alkyl halides is 3. The predicted molar refractivity (Wildman–Crippen MR) is 44.0 cm³/mol. The zero-order valence-electron chi connectivity index (χ0n) is 7.21. The molecule has 0 aliphatic heterocycles. The summed E-state index contributed by atoms with van der Waals surface area (Å²) in [6.45, 7) is -0.782. The van der Waals surface area contributed by atoms with Gasteiger partial charge in [0.2, 0.25) is 10.0 Å². The molecule has 1 rings (SSSR count). The zero-order valence-corrected chi connectivity index (χ0v) is 8.03. The van der Waals surface area contributed by atoms with Gasteiger partial charge in [-0.3, -0.25) is 0 Å². The van der Waals surface area contributed by atoms with Crippen LogP contribution >= 0.6 is 0 Å². The molecular weight excluding hydrogens is 221 g/mol. The lowest BCUT2D eigenvalue weighted by Gasteiger charge is -2.19. The summed E-state index contributed by atoms with van der Waals surface area (Å²) < 4.78 is 60.2. The van der Waals surface area contributed by atoms with Crippen LogP contribution in [-0.4, -0.2) is 32.4 Å². The highest BCUT2D eigenvalue weighted by molar-refractivity contribution is 7.90. The highest BCUT2D eigenvalue weighted by Gasteiger charge is 2.45. The summed E-state index contributed by atoms with van der Waals surface area (Å²) in [7, 11) is -3.83. The molecule has 0 bridgehead atoms. The van der Waals surface area contributed by atoms with Gasteiger partial charge in [-0.25, -0.2) is 13.1 Å². The third-order valence-corrected chi connectivity index (χ3v) is 3.86. The van der Waals surface area contributed by atoms with Crippen LogP contribution in [0.4, 0.5) is 13.2 Å². The minimum Gasteiger partial charge on any atom is -0.329 e. The van der Waals surface area contributed by atoms with Gasteiger partial charge < -0.3 is 5.73 Å². The first-order chi connectivity index (χ1) is 6.27. The molecule has 0 aromatic heterocycles. The van der Waals surface area contributed by atoms with Crippen LogP contribution < -0.4 is 10.5 Å². The van der Waals surface area contributed by atoms with Crippen molar-refractivity contribution in [1.82, 2.24) is 4.72 Å². The van der Waals surface area contributed by atoms with Crippen LogP contribution in [0, 0.1) is 0 Å². The van der Waals surface area contributed by atoms with Crippen molar-refractivity contribution in [2.75, 3.05) is 6.54 Å². The monoisotopic (exact) mass is 232 g/mol. The fourth-order valence-electron chi connectivity index (χ4n) is 0.921. The molecule has 84 valence electrons. The number of halogens is 3. The number of hydrogen-bond donors (Lipinski definition) is 2. The van der Waals surface area contributed by atoms with Crippen molar-refractivity contribution in [2.45, 2.75) is 30.3 Å². The Balaban J connectivity index is 2.65. The van der Waals surface area contributed by atoms with E-state index in [0.29, 0.717) is 12.8 Å². The van der Waals surface area contributed by atoms with E-state index >= 15 is 0 Å². The lowest BCUT2D eigenvalue weighted by atomic mass is 10.3. The first kappa shape index (κ1) is 11.7. The summed E-state index contributed by atoms with van der Waals surface area (Å²) in [5, 5.41) is -0.668. The largest absolute Gasteiger partial charge is 0.406 e. The Labute approximate surface area is 79.7 Å². The van der Waals surface area contributed by atoms with Crippen LogP contribution in [0.5, 0.6) is 0 Å². The van der Waals surface area contributed by atoms with Crippen LogP contribution in [0.25, 0.3) is 0 Å². The molecule has 8 heteroatoms. The van der Waals surface area contributed by atoms with Crippen LogP contribution in [0.15, 0.2) is 0 Å². The van der Waals surface area contributed by atoms with E-state index in [1.165, 1.54) is 0 Å². The molecule has 0 radical (unpaired) electrons. The molecule has 1 aliphatic carbocycles. The summed E-state index contributed by atoms with van der Waals surface area (Å²) in [5.74, 6) is 0. The van der Waals surface area contributed by atoms with Crippen LogP contribution in [0.1, 0.15) is 12.8 Å². The van der Waals surface area contributed by atoms with Crippen molar-refractivity contribution in [2.24, 2.45) is 5.73 Å². The molecule has 14 heavy (non-hydrogen) atoms. The number of sulfonamides is 1. The molecule has 0 aromatic carbocycles. The van der Waals surface area contributed by atoms with Gasteiger partial charge >= 0.3 is 6.18 Å². The third kappa shape index (κ3) is 2.82. The zero-order chi connectivity index (χ0) is 11.0. The minimum atomic E-state index is -4.63. The van der Waals surface area contributed by atoms with Crippen molar-refractivity contribution in [3.63, 3.8) is 0 Å². The first-order valence-electron chi connectivity index (χ1n) is 4.05.